The number of hydrogen-bond acceptors (Lipinski definition) is 5. The lowest BCUT2D eigenvalue weighted by molar-refractivity contribution is 0.0767. The Morgan fingerprint density at radius 2 is 1.11 bits per heavy atom. The van der Waals surface area contributed by atoms with Crippen molar-refractivity contribution in [2.24, 2.45) is 0 Å². The second kappa shape index (κ2) is 12.0. The number of benzene rings is 4. The molecule has 0 heterocycles. The van der Waals surface area contributed by atoms with Gasteiger partial charge in [-0.2, -0.15) is 10.5 Å². The van der Waals surface area contributed by atoms with Gasteiger partial charge < -0.3 is 14.2 Å². The molecular weight excluding hydrogens is 436 g/mol. The third-order valence-electron chi connectivity index (χ3n) is 5.39. The van der Waals surface area contributed by atoms with Crippen molar-refractivity contribution in [3.8, 4) is 45.9 Å². The highest BCUT2D eigenvalue weighted by molar-refractivity contribution is 5.82. The summed E-state index contributed by atoms with van der Waals surface area (Å²) in [7, 11) is 0. The maximum Gasteiger partial charge on any atom is 0.135 e. The van der Waals surface area contributed by atoms with Crippen LogP contribution in [0, 0.1) is 22.7 Å². The van der Waals surface area contributed by atoms with Gasteiger partial charge >= 0.3 is 0 Å². The number of rotatable bonds is 10. The molecule has 35 heavy (non-hydrogen) atoms. The fraction of sp³-hybridized carbons (Fsp3) is 0.133. The molecular formula is C30H24N2O3. The van der Waals surface area contributed by atoms with Crippen LogP contribution in [-0.2, 0) is 4.74 Å². The van der Waals surface area contributed by atoms with Gasteiger partial charge in [0, 0.05) is 11.1 Å². The van der Waals surface area contributed by atoms with E-state index in [1.165, 1.54) is 0 Å². The Kier molecular flexibility index (Phi) is 8.11. The second-order valence-electron chi connectivity index (χ2n) is 7.65. The molecule has 0 aromatic heterocycles. The zero-order chi connectivity index (χ0) is 24.3. The first-order valence-electron chi connectivity index (χ1n) is 11.3. The predicted octanol–water partition coefficient (Wildman–Crippen LogP) is 6.24. The first kappa shape index (κ1) is 23.6. The molecule has 4 aromatic carbocycles. The van der Waals surface area contributed by atoms with Crippen molar-refractivity contribution in [2.45, 2.75) is 0 Å². The maximum absolute atomic E-state index is 9.13. The van der Waals surface area contributed by atoms with Crippen molar-refractivity contribution in [2.75, 3.05) is 26.4 Å². The van der Waals surface area contributed by atoms with Crippen molar-refractivity contribution in [3.63, 3.8) is 0 Å². The summed E-state index contributed by atoms with van der Waals surface area (Å²) in [5.41, 5.74) is 4.88. The molecule has 5 nitrogen and oxygen atoms in total. The van der Waals surface area contributed by atoms with E-state index in [0.29, 0.717) is 43.3 Å². The molecule has 0 N–H and O–H groups in total. The number of nitriles is 2. The van der Waals surface area contributed by atoms with Crippen molar-refractivity contribution in [1.29, 1.82) is 10.5 Å². The molecule has 0 saturated heterocycles. The highest BCUT2D eigenvalue weighted by Crippen LogP contribution is 2.38. The summed E-state index contributed by atoms with van der Waals surface area (Å²) < 4.78 is 17.6. The van der Waals surface area contributed by atoms with Crippen LogP contribution < -0.4 is 9.47 Å². The Morgan fingerprint density at radius 3 is 1.69 bits per heavy atom. The molecule has 0 aliphatic heterocycles. The van der Waals surface area contributed by atoms with Crippen molar-refractivity contribution in [1.82, 2.24) is 0 Å². The lowest BCUT2D eigenvalue weighted by Crippen LogP contribution is -2.12. The van der Waals surface area contributed by atoms with Crippen LogP contribution in [-0.4, -0.2) is 26.4 Å². The van der Waals surface area contributed by atoms with E-state index in [1.807, 2.05) is 54.6 Å². The van der Waals surface area contributed by atoms with E-state index < -0.39 is 0 Å². The average Bonchev–Trinajstić information content (AvgIpc) is 2.93. The summed E-state index contributed by atoms with van der Waals surface area (Å²) in [5, 5.41) is 18.1. The minimum atomic E-state index is 0.297. The normalized spacial score (nSPS) is 10.2. The van der Waals surface area contributed by atoms with E-state index in [-0.39, 0.29) is 0 Å². The van der Waals surface area contributed by atoms with Crippen LogP contribution in [0.1, 0.15) is 11.1 Å². The van der Waals surface area contributed by atoms with Crippen LogP contribution in [0.3, 0.4) is 0 Å². The lowest BCUT2D eigenvalue weighted by atomic mass is 9.97. The van der Waals surface area contributed by atoms with E-state index in [0.717, 1.165) is 28.0 Å². The van der Waals surface area contributed by atoms with Gasteiger partial charge in [-0.15, -0.1) is 0 Å². The van der Waals surface area contributed by atoms with E-state index >= 15 is 0 Å². The molecule has 0 radical (unpaired) electrons. The molecule has 5 heteroatoms. The molecule has 0 fully saturated rings. The minimum Gasteiger partial charge on any atom is -0.491 e. The lowest BCUT2D eigenvalue weighted by Gasteiger charge is -2.17. The zero-order valence-corrected chi connectivity index (χ0v) is 19.2. The van der Waals surface area contributed by atoms with Gasteiger partial charge in [0.05, 0.1) is 24.3 Å². The van der Waals surface area contributed by atoms with Crippen molar-refractivity contribution < 1.29 is 14.2 Å². The number of para-hydroxylation sites is 1. The molecule has 0 atom stereocenters. The smallest absolute Gasteiger partial charge is 0.135 e. The fourth-order valence-corrected chi connectivity index (χ4v) is 3.71. The summed E-state index contributed by atoms with van der Waals surface area (Å²) in [6.07, 6.45) is 0. The molecule has 4 rings (SSSR count). The van der Waals surface area contributed by atoms with Crippen LogP contribution >= 0.6 is 0 Å². The van der Waals surface area contributed by atoms with E-state index in [1.54, 1.807) is 18.2 Å². The Morgan fingerprint density at radius 1 is 0.543 bits per heavy atom. The highest BCUT2D eigenvalue weighted by atomic mass is 16.5. The number of hydrogen-bond donors (Lipinski definition) is 0. The van der Waals surface area contributed by atoms with Gasteiger partial charge in [0.1, 0.15) is 36.9 Å². The summed E-state index contributed by atoms with van der Waals surface area (Å²) in [4.78, 5) is 0. The van der Waals surface area contributed by atoms with Crippen LogP contribution in [0.15, 0.2) is 97.1 Å². The predicted molar refractivity (Wildman–Crippen MR) is 135 cm³/mol. The number of nitrogens with zero attached hydrogens (tertiary/aromatic N) is 2. The first-order chi connectivity index (χ1) is 17.3. The molecule has 0 spiro atoms. The highest BCUT2D eigenvalue weighted by Gasteiger charge is 2.13. The van der Waals surface area contributed by atoms with Crippen LogP contribution in [0.2, 0.25) is 0 Å². The molecule has 4 aromatic rings. The van der Waals surface area contributed by atoms with Gasteiger partial charge in [-0.05, 0) is 29.3 Å². The quantitative estimate of drug-likeness (QED) is 0.262. The minimum absolute atomic E-state index is 0.297. The zero-order valence-electron chi connectivity index (χ0n) is 19.2. The van der Waals surface area contributed by atoms with Gasteiger partial charge in [0.2, 0.25) is 0 Å². The fourth-order valence-electron chi connectivity index (χ4n) is 3.71. The number of ether oxygens (including phenoxy) is 3. The van der Waals surface area contributed by atoms with Gasteiger partial charge in [0.25, 0.3) is 0 Å². The molecule has 0 aliphatic rings. The molecule has 0 unspecified atom stereocenters. The SMILES string of the molecule is N#Cc1ccc(OCCOCCOc2c(-c3ccccc3)cccc2-c2ccccc2)cc1C#N. The van der Waals surface area contributed by atoms with E-state index in [2.05, 4.69) is 36.4 Å². The second-order valence-corrected chi connectivity index (χ2v) is 7.65. The van der Waals surface area contributed by atoms with Crippen molar-refractivity contribution in [3.05, 3.63) is 108 Å². The van der Waals surface area contributed by atoms with E-state index in [4.69, 9.17) is 24.7 Å². The third kappa shape index (κ3) is 6.06. The van der Waals surface area contributed by atoms with Crippen LogP contribution in [0.25, 0.3) is 22.3 Å². The largest absolute Gasteiger partial charge is 0.491 e. The van der Waals surface area contributed by atoms with Crippen molar-refractivity contribution >= 4 is 0 Å². The molecule has 172 valence electrons. The molecule has 0 saturated carbocycles. The summed E-state index contributed by atoms with van der Waals surface area (Å²) in [6, 6.07) is 35.4. The molecule has 0 amide bonds. The van der Waals surface area contributed by atoms with Crippen LogP contribution in [0.4, 0.5) is 0 Å². The Hall–Kier alpha value is -4.58. The van der Waals surface area contributed by atoms with Gasteiger partial charge in [-0.1, -0.05) is 78.9 Å². The van der Waals surface area contributed by atoms with Gasteiger partial charge in [0.15, 0.2) is 0 Å². The third-order valence-corrected chi connectivity index (χ3v) is 5.39. The molecule has 0 aliphatic carbocycles. The maximum atomic E-state index is 9.13. The van der Waals surface area contributed by atoms with Gasteiger partial charge in [-0.25, -0.2) is 0 Å². The molecule has 0 bridgehead atoms. The monoisotopic (exact) mass is 460 g/mol. The Balaban J connectivity index is 1.36. The summed E-state index contributed by atoms with van der Waals surface area (Å²) in [5.74, 6) is 1.36. The van der Waals surface area contributed by atoms with Crippen LogP contribution in [0.5, 0.6) is 11.5 Å². The Bertz CT molecular complexity index is 1280. The standard InChI is InChI=1S/C30H24N2O3/c31-21-25-14-15-27(20-26(25)22-32)34-18-16-33-17-19-35-30-28(23-8-3-1-4-9-23)12-7-13-29(30)24-10-5-2-6-11-24/h1-15,20H,16-19H2. The Labute approximate surface area is 205 Å². The topological polar surface area (TPSA) is 75.3 Å². The average molecular weight is 461 g/mol. The first-order valence-corrected chi connectivity index (χ1v) is 11.3. The van der Waals surface area contributed by atoms with E-state index in [9.17, 15) is 0 Å². The summed E-state index contributed by atoms with van der Waals surface area (Å²) in [6.45, 7) is 1.49. The van der Waals surface area contributed by atoms with Gasteiger partial charge in [-0.3, -0.25) is 0 Å². The summed E-state index contributed by atoms with van der Waals surface area (Å²) >= 11 is 0.